The molecule has 0 amide bonds. The summed E-state index contributed by atoms with van der Waals surface area (Å²) in [4.78, 5) is 0. The van der Waals surface area contributed by atoms with Crippen molar-refractivity contribution in [3.63, 3.8) is 0 Å². The number of halogens is 1. The van der Waals surface area contributed by atoms with Crippen molar-refractivity contribution >= 4 is 11.0 Å². The molecule has 0 aliphatic carbocycles. The van der Waals surface area contributed by atoms with E-state index in [1.165, 1.54) is 0 Å². The number of hydrogen-bond acceptors (Lipinski definition) is 8. The molecule has 0 spiro atoms. The second kappa shape index (κ2) is 10.3. The average Bonchev–Trinajstić information content (AvgIpc) is 2.71. The van der Waals surface area contributed by atoms with Crippen molar-refractivity contribution < 1.29 is 52.2 Å². The molecule has 0 unspecified atom stereocenters. The molecule has 0 aliphatic heterocycles. The highest BCUT2D eigenvalue weighted by molar-refractivity contribution is 5.86. The van der Waals surface area contributed by atoms with Crippen LogP contribution in [0.4, 0.5) is 0 Å². The van der Waals surface area contributed by atoms with Gasteiger partial charge in [-0.25, -0.2) is 23.1 Å². The normalized spacial score (nSPS) is 10.8. The summed E-state index contributed by atoms with van der Waals surface area (Å²) < 4.78 is 61.8. The Bertz CT molecular complexity index is 980. The Hall–Kier alpha value is -2.82. The standard InChI is InChI=1S/C20H21O5.ClHO4/c1-5-24-18-12-17(13-6-9-16(22-3)20(10-13)23-4)25-19-11-14(21-2)7-8-15(18)19;2-1(3,4)5/h6-12H,5H2,1-4H3;(H,2,3,4,5)/q+1;/p-1. The molecule has 0 radical (unpaired) electrons. The second-order valence-corrected chi connectivity index (χ2v) is 6.47. The van der Waals surface area contributed by atoms with E-state index in [1.54, 1.807) is 21.3 Å². The van der Waals surface area contributed by atoms with E-state index in [-0.39, 0.29) is 0 Å². The number of methoxy groups -OCH3 is 3. The third-order valence-corrected chi connectivity index (χ3v) is 3.90. The van der Waals surface area contributed by atoms with Gasteiger partial charge in [0.2, 0.25) is 0 Å². The predicted molar refractivity (Wildman–Crippen MR) is 96.9 cm³/mol. The third-order valence-electron chi connectivity index (χ3n) is 3.90. The van der Waals surface area contributed by atoms with Crippen molar-refractivity contribution in [1.82, 2.24) is 0 Å². The van der Waals surface area contributed by atoms with Gasteiger partial charge < -0.3 is 18.9 Å². The zero-order valence-electron chi connectivity index (χ0n) is 16.8. The Morgan fingerprint density at radius 3 is 2.03 bits per heavy atom. The quantitative estimate of drug-likeness (QED) is 0.486. The lowest BCUT2D eigenvalue weighted by Gasteiger charge is -2.17. The highest BCUT2D eigenvalue weighted by Gasteiger charge is 2.22. The van der Waals surface area contributed by atoms with Gasteiger partial charge in [0, 0.05) is 6.07 Å². The Morgan fingerprint density at radius 1 is 0.800 bits per heavy atom. The lowest BCUT2D eigenvalue weighted by Crippen LogP contribution is -2.68. The Labute approximate surface area is 175 Å². The second-order valence-electron chi connectivity index (χ2n) is 5.72. The maximum atomic E-state index is 8.49. The van der Waals surface area contributed by atoms with E-state index >= 15 is 0 Å². The molecule has 2 aromatic carbocycles. The number of benzene rings is 2. The van der Waals surface area contributed by atoms with Gasteiger partial charge in [0.1, 0.15) is 16.9 Å². The highest BCUT2D eigenvalue weighted by Crippen LogP contribution is 2.37. The fraction of sp³-hybridized carbons (Fsp3) is 0.250. The lowest BCUT2D eigenvalue weighted by molar-refractivity contribution is -2.00. The Morgan fingerprint density at radius 2 is 1.47 bits per heavy atom. The molecular weight excluding hydrogens is 420 g/mol. The number of rotatable bonds is 6. The smallest absolute Gasteiger partial charge is 0.368 e. The van der Waals surface area contributed by atoms with Crippen LogP contribution in [0.15, 0.2) is 46.9 Å². The van der Waals surface area contributed by atoms with Crippen molar-refractivity contribution in [2.24, 2.45) is 0 Å². The molecule has 0 aliphatic rings. The minimum atomic E-state index is -4.94. The molecule has 1 heterocycles. The largest absolute Gasteiger partial charge is 0.496 e. The predicted octanol–water partition coefficient (Wildman–Crippen LogP) is 0.0494. The van der Waals surface area contributed by atoms with Crippen LogP contribution in [0.1, 0.15) is 6.92 Å². The van der Waals surface area contributed by atoms with Crippen molar-refractivity contribution in [2.45, 2.75) is 6.92 Å². The minimum absolute atomic E-state index is 0.566. The molecule has 0 saturated carbocycles. The van der Waals surface area contributed by atoms with Crippen molar-refractivity contribution in [3.8, 4) is 34.3 Å². The maximum Gasteiger partial charge on any atom is 0.368 e. The van der Waals surface area contributed by atoms with Gasteiger partial charge in [-0.2, -0.15) is 0 Å². The van der Waals surface area contributed by atoms with Gasteiger partial charge in [-0.05, 0) is 31.2 Å². The van der Waals surface area contributed by atoms with Gasteiger partial charge in [0.05, 0.1) is 45.6 Å². The van der Waals surface area contributed by atoms with Crippen LogP contribution in [0.25, 0.3) is 22.3 Å². The summed E-state index contributed by atoms with van der Waals surface area (Å²) in [5, 5.41) is 0.895. The van der Waals surface area contributed by atoms with E-state index in [2.05, 4.69) is 0 Å². The van der Waals surface area contributed by atoms with E-state index in [4.69, 9.17) is 42.0 Å². The Kier molecular flexibility index (Phi) is 8.04. The molecule has 3 rings (SSSR count). The van der Waals surface area contributed by atoms with Gasteiger partial charge >= 0.3 is 11.3 Å². The first-order valence-electron chi connectivity index (χ1n) is 8.62. The highest BCUT2D eigenvalue weighted by atomic mass is 35.7. The summed E-state index contributed by atoms with van der Waals surface area (Å²) in [5.74, 6) is 3.46. The molecule has 1 aromatic heterocycles. The fourth-order valence-electron chi connectivity index (χ4n) is 2.67. The van der Waals surface area contributed by atoms with Gasteiger partial charge in [-0.1, -0.05) is 0 Å². The van der Waals surface area contributed by atoms with Crippen molar-refractivity contribution in [1.29, 1.82) is 0 Å². The summed E-state index contributed by atoms with van der Waals surface area (Å²) in [7, 11) is -0.101. The van der Waals surface area contributed by atoms with E-state index in [0.29, 0.717) is 29.4 Å². The first-order valence-corrected chi connectivity index (χ1v) is 9.85. The average molecular weight is 441 g/mol. The molecule has 0 bridgehead atoms. The van der Waals surface area contributed by atoms with Crippen LogP contribution in [0.5, 0.6) is 23.0 Å². The lowest BCUT2D eigenvalue weighted by atomic mass is 10.1. The first-order chi connectivity index (χ1) is 14.2. The molecule has 3 aromatic rings. The van der Waals surface area contributed by atoms with E-state index in [0.717, 1.165) is 22.4 Å². The maximum absolute atomic E-state index is 8.49. The van der Waals surface area contributed by atoms with Gasteiger partial charge in [-0.3, -0.25) is 0 Å². The van der Waals surface area contributed by atoms with Crippen LogP contribution < -0.4 is 37.6 Å². The summed E-state index contributed by atoms with van der Waals surface area (Å²) in [6.07, 6.45) is 0. The molecule has 0 saturated heterocycles. The molecule has 10 heteroatoms. The summed E-state index contributed by atoms with van der Waals surface area (Å²) in [5.41, 5.74) is 1.55. The summed E-state index contributed by atoms with van der Waals surface area (Å²) in [6, 6.07) is 13.2. The van der Waals surface area contributed by atoms with Crippen LogP contribution in [-0.4, -0.2) is 27.9 Å². The van der Waals surface area contributed by atoms with Gasteiger partial charge in [0.25, 0.3) is 0 Å². The van der Waals surface area contributed by atoms with E-state index < -0.39 is 10.2 Å². The van der Waals surface area contributed by atoms with Gasteiger partial charge in [0.15, 0.2) is 11.5 Å². The first kappa shape index (κ1) is 23.5. The van der Waals surface area contributed by atoms with Crippen LogP contribution >= 0.6 is 0 Å². The van der Waals surface area contributed by atoms with Crippen LogP contribution in [0.2, 0.25) is 0 Å². The zero-order valence-corrected chi connectivity index (χ0v) is 17.6. The zero-order chi connectivity index (χ0) is 22.3. The number of ether oxygens (including phenoxy) is 4. The molecule has 9 nitrogen and oxygen atoms in total. The van der Waals surface area contributed by atoms with Crippen molar-refractivity contribution in [2.75, 3.05) is 27.9 Å². The molecule has 162 valence electrons. The minimum Gasteiger partial charge on any atom is -0.496 e. The monoisotopic (exact) mass is 440 g/mol. The summed E-state index contributed by atoms with van der Waals surface area (Å²) in [6.45, 7) is 2.52. The van der Waals surface area contributed by atoms with Crippen LogP contribution in [-0.2, 0) is 0 Å². The van der Waals surface area contributed by atoms with Crippen molar-refractivity contribution in [3.05, 3.63) is 42.5 Å². The molecular formula is C20H21ClO9. The fourth-order valence-corrected chi connectivity index (χ4v) is 2.67. The van der Waals surface area contributed by atoms with Gasteiger partial charge in [-0.15, -0.1) is 10.2 Å². The number of fused-ring (bicyclic) bond motifs is 1. The Balaban J connectivity index is 0.000000575. The number of hydrogen-bond donors (Lipinski definition) is 0. The molecule has 0 N–H and O–H groups in total. The third kappa shape index (κ3) is 6.34. The molecule has 30 heavy (non-hydrogen) atoms. The topological polar surface area (TPSA) is 140 Å². The van der Waals surface area contributed by atoms with Crippen LogP contribution in [0.3, 0.4) is 0 Å². The van der Waals surface area contributed by atoms with E-state index in [9.17, 15) is 0 Å². The molecule has 0 atom stereocenters. The summed E-state index contributed by atoms with van der Waals surface area (Å²) >= 11 is 0. The van der Waals surface area contributed by atoms with Crippen LogP contribution in [0, 0.1) is 10.2 Å². The van der Waals surface area contributed by atoms with E-state index in [1.807, 2.05) is 49.4 Å². The molecule has 0 fully saturated rings. The SMILES string of the molecule is CCOc1cc(-c2ccc(OC)c(OC)c2)[o+]c2cc(OC)ccc12.[O-][Cl+3]([O-])([O-])[O-].